The van der Waals surface area contributed by atoms with Crippen molar-refractivity contribution in [3.63, 3.8) is 0 Å². The van der Waals surface area contributed by atoms with Crippen LogP contribution in [0.25, 0.3) is 0 Å². The zero-order valence-corrected chi connectivity index (χ0v) is 12.5. The van der Waals surface area contributed by atoms with E-state index in [-0.39, 0.29) is 18.4 Å². The smallest absolute Gasteiger partial charge is 0.256 e. The van der Waals surface area contributed by atoms with Crippen LogP contribution >= 0.6 is 0 Å². The number of para-hydroxylation sites is 1. The van der Waals surface area contributed by atoms with Crippen molar-refractivity contribution in [3.05, 3.63) is 23.8 Å². The molecule has 1 aliphatic heterocycles. The minimum atomic E-state index is -0.500. The molecule has 0 unspecified atom stereocenters. The van der Waals surface area contributed by atoms with Gasteiger partial charge in [0.2, 0.25) is 5.91 Å². The number of amides is 2. The van der Waals surface area contributed by atoms with Gasteiger partial charge in [-0.25, -0.2) is 0 Å². The Bertz CT molecular complexity index is 542. The third-order valence-corrected chi connectivity index (χ3v) is 3.26. The third kappa shape index (κ3) is 3.65. The molecule has 4 N–H and O–H groups in total. The van der Waals surface area contributed by atoms with E-state index in [9.17, 15) is 9.59 Å². The molecular formula is C15H22N4O2. The first-order valence-electron chi connectivity index (χ1n) is 7.17. The predicted molar refractivity (Wildman–Crippen MR) is 83.4 cm³/mol. The number of nitrogens with one attached hydrogen (secondary N) is 2. The number of benzene rings is 1. The fraction of sp³-hybridized carbons (Fsp3) is 0.467. The maximum absolute atomic E-state index is 12.7. The Hall–Kier alpha value is -2.24. The number of hydrogen-bond donors (Lipinski definition) is 3. The number of hydrogen-bond acceptors (Lipinski definition) is 4. The molecule has 1 aromatic rings. The molecule has 6 heteroatoms. The lowest BCUT2D eigenvalue weighted by molar-refractivity contribution is -0.118. The van der Waals surface area contributed by atoms with Gasteiger partial charge in [0.05, 0.1) is 23.5 Å². The lowest BCUT2D eigenvalue weighted by atomic mass is 10.1. The summed E-state index contributed by atoms with van der Waals surface area (Å²) in [4.78, 5) is 25.5. The van der Waals surface area contributed by atoms with E-state index in [4.69, 9.17) is 5.73 Å². The van der Waals surface area contributed by atoms with E-state index in [1.807, 2.05) is 26.0 Å². The summed E-state index contributed by atoms with van der Waals surface area (Å²) >= 11 is 0. The van der Waals surface area contributed by atoms with E-state index in [1.165, 1.54) is 4.90 Å². The van der Waals surface area contributed by atoms with Gasteiger partial charge in [-0.05, 0) is 18.1 Å². The summed E-state index contributed by atoms with van der Waals surface area (Å²) in [7, 11) is 0. The molecule has 0 saturated heterocycles. The maximum atomic E-state index is 12.7. The Balaban J connectivity index is 2.29. The van der Waals surface area contributed by atoms with E-state index in [1.54, 1.807) is 6.07 Å². The molecule has 0 spiro atoms. The van der Waals surface area contributed by atoms with Gasteiger partial charge in [0.25, 0.3) is 5.91 Å². The SMILES string of the molecule is CC(C)CN(CC(N)=O)C(=O)c1cccc2c1NCCN2. The molecule has 0 saturated carbocycles. The molecule has 0 fully saturated rings. The van der Waals surface area contributed by atoms with Gasteiger partial charge in [-0.15, -0.1) is 0 Å². The molecule has 0 bridgehead atoms. The minimum Gasteiger partial charge on any atom is -0.382 e. The number of primary amides is 1. The van der Waals surface area contributed by atoms with Crippen LogP contribution < -0.4 is 16.4 Å². The Morgan fingerprint density at radius 3 is 2.67 bits per heavy atom. The van der Waals surface area contributed by atoms with E-state index in [0.29, 0.717) is 12.1 Å². The summed E-state index contributed by atoms with van der Waals surface area (Å²) in [5.74, 6) is -0.408. The molecule has 1 heterocycles. The zero-order valence-electron chi connectivity index (χ0n) is 12.5. The fourth-order valence-electron chi connectivity index (χ4n) is 2.47. The van der Waals surface area contributed by atoms with E-state index in [0.717, 1.165) is 24.5 Å². The quantitative estimate of drug-likeness (QED) is 0.758. The topological polar surface area (TPSA) is 87.5 Å². The average molecular weight is 290 g/mol. The Kier molecular flexibility index (Phi) is 4.67. The lowest BCUT2D eigenvalue weighted by Gasteiger charge is -2.27. The van der Waals surface area contributed by atoms with Crippen LogP contribution in [0, 0.1) is 5.92 Å². The Morgan fingerprint density at radius 2 is 2.00 bits per heavy atom. The predicted octanol–water partition coefficient (Wildman–Crippen LogP) is 1.11. The molecule has 21 heavy (non-hydrogen) atoms. The molecular weight excluding hydrogens is 268 g/mol. The van der Waals surface area contributed by atoms with Crippen LogP contribution in [0.1, 0.15) is 24.2 Å². The number of rotatable bonds is 5. The maximum Gasteiger partial charge on any atom is 0.256 e. The van der Waals surface area contributed by atoms with Crippen molar-refractivity contribution in [1.29, 1.82) is 0 Å². The number of fused-ring (bicyclic) bond motifs is 1. The molecule has 2 rings (SSSR count). The number of anilines is 2. The van der Waals surface area contributed by atoms with Crippen molar-refractivity contribution in [2.75, 3.05) is 36.8 Å². The highest BCUT2D eigenvalue weighted by atomic mass is 16.2. The Morgan fingerprint density at radius 1 is 1.29 bits per heavy atom. The summed E-state index contributed by atoms with van der Waals surface area (Å²) in [6.07, 6.45) is 0. The normalized spacial score (nSPS) is 13.1. The van der Waals surface area contributed by atoms with E-state index < -0.39 is 5.91 Å². The van der Waals surface area contributed by atoms with Gasteiger partial charge in [0.1, 0.15) is 0 Å². The second-order valence-electron chi connectivity index (χ2n) is 5.63. The van der Waals surface area contributed by atoms with E-state index >= 15 is 0 Å². The van der Waals surface area contributed by atoms with Crippen molar-refractivity contribution < 1.29 is 9.59 Å². The van der Waals surface area contributed by atoms with E-state index in [2.05, 4.69) is 10.6 Å². The first kappa shape index (κ1) is 15.2. The van der Waals surface area contributed by atoms with Crippen molar-refractivity contribution in [2.45, 2.75) is 13.8 Å². The number of nitrogens with two attached hydrogens (primary N) is 1. The average Bonchev–Trinajstić information content (AvgIpc) is 2.44. The molecule has 0 atom stereocenters. The second kappa shape index (κ2) is 6.47. The molecule has 0 aliphatic carbocycles. The molecule has 6 nitrogen and oxygen atoms in total. The van der Waals surface area contributed by atoms with Gasteiger partial charge in [-0.1, -0.05) is 19.9 Å². The van der Waals surface area contributed by atoms with Crippen molar-refractivity contribution in [3.8, 4) is 0 Å². The lowest BCUT2D eigenvalue weighted by Crippen LogP contribution is -2.41. The summed E-state index contributed by atoms with van der Waals surface area (Å²) in [6.45, 7) is 6.02. The minimum absolute atomic E-state index is 0.0614. The number of nitrogens with zero attached hydrogens (tertiary/aromatic N) is 1. The largest absolute Gasteiger partial charge is 0.382 e. The Labute approximate surface area is 124 Å². The molecule has 2 amide bonds. The highest BCUT2D eigenvalue weighted by Gasteiger charge is 2.23. The monoisotopic (exact) mass is 290 g/mol. The molecule has 1 aromatic carbocycles. The van der Waals surface area contributed by atoms with Gasteiger partial charge < -0.3 is 21.3 Å². The second-order valence-corrected chi connectivity index (χ2v) is 5.63. The van der Waals surface area contributed by atoms with Crippen LogP contribution in [0.4, 0.5) is 11.4 Å². The molecule has 0 aromatic heterocycles. The summed E-state index contributed by atoms with van der Waals surface area (Å²) in [6, 6.07) is 5.54. The molecule has 0 radical (unpaired) electrons. The summed E-state index contributed by atoms with van der Waals surface area (Å²) in [5, 5.41) is 6.50. The summed E-state index contributed by atoms with van der Waals surface area (Å²) < 4.78 is 0. The van der Waals surface area contributed by atoms with Gasteiger partial charge in [0.15, 0.2) is 0 Å². The molecule has 114 valence electrons. The van der Waals surface area contributed by atoms with Crippen LogP contribution in [0.3, 0.4) is 0 Å². The van der Waals surface area contributed by atoms with Crippen molar-refractivity contribution in [2.24, 2.45) is 11.7 Å². The van der Waals surface area contributed by atoms with Crippen LogP contribution in [0.2, 0.25) is 0 Å². The van der Waals surface area contributed by atoms with Gasteiger partial charge in [-0.3, -0.25) is 9.59 Å². The summed E-state index contributed by atoms with van der Waals surface area (Å²) in [5.41, 5.74) is 7.54. The first-order chi connectivity index (χ1) is 9.99. The first-order valence-corrected chi connectivity index (χ1v) is 7.17. The zero-order chi connectivity index (χ0) is 15.4. The molecule has 1 aliphatic rings. The van der Waals surface area contributed by atoms with Gasteiger partial charge in [-0.2, -0.15) is 0 Å². The number of carbonyl (C=O) groups excluding carboxylic acids is 2. The van der Waals surface area contributed by atoms with Crippen LogP contribution in [-0.4, -0.2) is 42.9 Å². The van der Waals surface area contributed by atoms with Crippen LogP contribution in [-0.2, 0) is 4.79 Å². The number of carbonyl (C=O) groups is 2. The highest BCUT2D eigenvalue weighted by Crippen LogP contribution is 2.29. The van der Waals surface area contributed by atoms with Gasteiger partial charge >= 0.3 is 0 Å². The van der Waals surface area contributed by atoms with Crippen molar-refractivity contribution in [1.82, 2.24) is 4.90 Å². The van der Waals surface area contributed by atoms with Crippen molar-refractivity contribution >= 4 is 23.2 Å². The van der Waals surface area contributed by atoms with Gasteiger partial charge in [0, 0.05) is 19.6 Å². The third-order valence-electron chi connectivity index (χ3n) is 3.26. The highest BCUT2D eigenvalue weighted by molar-refractivity contribution is 6.03. The van der Waals surface area contributed by atoms with Crippen LogP contribution in [0.15, 0.2) is 18.2 Å². The fourth-order valence-corrected chi connectivity index (χ4v) is 2.47. The standard InChI is InChI=1S/C15H22N4O2/c1-10(2)8-19(9-13(16)20)15(21)11-4-3-5-12-14(11)18-7-6-17-12/h3-5,10,17-18H,6-9H2,1-2H3,(H2,16,20). The van der Waals surface area contributed by atoms with Crippen LogP contribution in [0.5, 0.6) is 0 Å².